The summed E-state index contributed by atoms with van der Waals surface area (Å²) in [6, 6.07) is 6.08. The lowest BCUT2D eigenvalue weighted by Crippen LogP contribution is -2.27. The van der Waals surface area contributed by atoms with Crippen molar-refractivity contribution in [3.8, 4) is 11.4 Å². The van der Waals surface area contributed by atoms with Crippen LogP contribution in [-0.4, -0.2) is 46.8 Å². The minimum absolute atomic E-state index is 0.0163. The van der Waals surface area contributed by atoms with E-state index in [4.69, 9.17) is 16.7 Å². The van der Waals surface area contributed by atoms with Crippen LogP contribution >= 0.6 is 11.6 Å². The molecule has 0 saturated heterocycles. The summed E-state index contributed by atoms with van der Waals surface area (Å²) in [6.07, 6.45) is -5.68. The topological polar surface area (TPSA) is 119 Å². The fourth-order valence-electron chi connectivity index (χ4n) is 2.40. The summed E-state index contributed by atoms with van der Waals surface area (Å²) in [5, 5.41) is 19.1. The maximum atomic E-state index is 12.7. The second kappa shape index (κ2) is 7.46. The summed E-state index contributed by atoms with van der Waals surface area (Å²) >= 11 is 5.82. The third kappa shape index (κ3) is 4.39. The van der Waals surface area contributed by atoms with E-state index in [0.29, 0.717) is 10.6 Å². The van der Waals surface area contributed by atoms with Gasteiger partial charge in [-0.25, -0.2) is 19.3 Å². The van der Waals surface area contributed by atoms with E-state index in [-0.39, 0.29) is 18.2 Å². The number of aromatic nitrogens is 6. The number of nitrogens with one attached hydrogen (secondary N) is 1. The molecule has 3 aromatic rings. The lowest BCUT2D eigenvalue weighted by atomic mass is 10.2. The van der Waals surface area contributed by atoms with Crippen LogP contribution in [0.4, 0.5) is 13.2 Å². The SMILES string of the molecule is O=C(O)c1n[nH]c(Cn2nc(-c3ccc(Cl)cc3)n(CCC(F)(F)F)c2=O)n1. The molecular formula is C15H12ClF3N6O3. The summed E-state index contributed by atoms with van der Waals surface area (Å²) in [6.45, 7) is -0.921. The van der Waals surface area contributed by atoms with Gasteiger partial charge in [0.2, 0.25) is 0 Å². The Balaban J connectivity index is 1.99. The van der Waals surface area contributed by atoms with Crippen molar-refractivity contribution in [2.75, 3.05) is 0 Å². The molecule has 0 radical (unpaired) electrons. The number of aromatic amines is 1. The number of nitrogens with zero attached hydrogens (tertiary/aromatic N) is 5. The van der Waals surface area contributed by atoms with Gasteiger partial charge >= 0.3 is 17.8 Å². The van der Waals surface area contributed by atoms with Crippen molar-refractivity contribution >= 4 is 17.6 Å². The van der Waals surface area contributed by atoms with E-state index < -0.39 is 36.6 Å². The summed E-state index contributed by atoms with van der Waals surface area (Å²) < 4.78 is 39.7. The number of rotatable bonds is 6. The molecule has 0 aliphatic heterocycles. The number of H-pyrrole nitrogens is 1. The monoisotopic (exact) mass is 416 g/mol. The summed E-state index contributed by atoms with van der Waals surface area (Å²) in [7, 11) is 0. The van der Waals surface area contributed by atoms with Crippen molar-refractivity contribution in [3.05, 3.63) is 51.4 Å². The van der Waals surface area contributed by atoms with Gasteiger partial charge in [0.25, 0.3) is 5.82 Å². The molecule has 9 nitrogen and oxygen atoms in total. The third-order valence-corrected chi connectivity index (χ3v) is 3.92. The molecule has 0 aliphatic carbocycles. The first kappa shape index (κ1) is 19.6. The number of hydrogen-bond donors (Lipinski definition) is 2. The van der Waals surface area contributed by atoms with Crippen molar-refractivity contribution in [2.24, 2.45) is 0 Å². The lowest BCUT2D eigenvalue weighted by Gasteiger charge is -2.08. The van der Waals surface area contributed by atoms with Crippen molar-refractivity contribution in [1.82, 2.24) is 29.5 Å². The Labute approximate surface area is 159 Å². The summed E-state index contributed by atoms with van der Waals surface area (Å²) in [5.41, 5.74) is -0.409. The van der Waals surface area contributed by atoms with Gasteiger partial charge < -0.3 is 5.11 Å². The van der Waals surface area contributed by atoms with Crippen LogP contribution in [0.1, 0.15) is 22.9 Å². The molecule has 0 aliphatic rings. The number of aromatic carboxylic acids is 1. The summed E-state index contributed by atoms with van der Waals surface area (Å²) in [5.74, 6) is -1.84. The Morgan fingerprint density at radius 3 is 2.50 bits per heavy atom. The first-order chi connectivity index (χ1) is 13.1. The first-order valence-electron chi connectivity index (χ1n) is 7.79. The molecule has 148 valence electrons. The van der Waals surface area contributed by atoms with Crippen LogP contribution < -0.4 is 5.69 Å². The van der Waals surface area contributed by atoms with Crippen LogP contribution in [0.2, 0.25) is 5.02 Å². The Hall–Kier alpha value is -3.15. The van der Waals surface area contributed by atoms with Gasteiger partial charge in [-0.1, -0.05) is 11.6 Å². The largest absolute Gasteiger partial charge is 0.475 e. The molecule has 1 aromatic carbocycles. The average molecular weight is 417 g/mol. The Morgan fingerprint density at radius 1 is 1.25 bits per heavy atom. The average Bonchev–Trinajstić information content (AvgIpc) is 3.19. The van der Waals surface area contributed by atoms with Crippen LogP contribution in [-0.2, 0) is 13.1 Å². The van der Waals surface area contributed by atoms with E-state index in [1.54, 1.807) is 0 Å². The van der Waals surface area contributed by atoms with Crippen LogP contribution in [0.15, 0.2) is 29.1 Å². The molecule has 2 aromatic heterocycles. The van der Waals surface area contributed by atoms with Gasteiger partial charge in [-0.2, -0.15) is 13.2 Å². The van der Waals surface area contributed by atoms with Crippen molar-refractivity contribution in [1.29, 1.82) is 0 Å². The molecule has 2 N–H and O–H groups in total. The quantitative estimate of drug-likeness (QED) is 0.635. The van der Waals surface area contributed by atoms with E-state index >= 15 is 0 Å². The summed E-state index contributed by atoms with van der Waals surface area (Å²) in [4.78, 5) is 27.1. The van der Waals surface area contributed by atoms with Crippen molar-refractivity contribution in [3.63, 3.8) is 0 Å². The first-order valence-corrected chi connectivity index (χ1v) is 8.17. The van der Waals surface area contributed by atoms with Crippen LogP contribution in [0.5, 0.6) is 0 Å². The van der Waals surface area contributed by atoms with Crippen LogP contribution in [0.3, 0.4) is 0 Å². The smallest absolute Gasteiger partial charge is 0.390 e. The molecule has 0 fully saturated rings. The highest BCUT2D eigenvalue weighted by Gasteiger charge is 2.28. The maximum Gasteiger partial charge on any atom is 0.390 e. The number of carboxylic acids is 1. The van der Waals surface area contributed by atoms with Gasteiger partial charge in [0.05, 0.1) is 6.42 Å². The van der Waals surface area contributed by atoms with E-state index in [2.05, 4.69) is 20.3 Å². The Morgan fingerprint density at radius 2 is 1.93 bits per heavy atom. The highest BCUT2D eigenvalue weighted by molar-refractivity contribution is 6.30. The zero-order valence-electron chi connectivity index (χ0n) is 13.9. The van der Waals surface area contributed by atoms with E-state index in [9.17, 15) is 22.8 Å². The molecular weight excluding hydrogens is 405 g/mol. The van der Waals surface area contributed by atoms with E-state index in [1.165, 1.54) is 24.3 Å². The second-order valence-electron chi connectivity index (χ2n) is 5.70. The van der Waals surface area contributed by atoms with Gasteiger partial charge in [0.15, 0.2) is 5.82 Å². The Bertz CT molecular complexity index is 1050. The maximum absolute atomic E-state index is 12.7. The number of carboxylic acid groups (broad SMARTS) is 1. The van der Waals surface area contributed by atoms with Gasteiger partial charge in [0.1, 0.15) is 12.4 Å². The van der Waals surface area contributed by atoms with Gasteiger partial charge in [0, 0.05) is 17.1 Å². The minimum atomic E-state index is -4.46. The van der Waals surface area contributed by atoms with Crippen molar-refractivity contribution < 1.29 is 23.1 Å². The van der Waals surface area contributed by atoms with E-state index in [0.717, 1.165) is 9.25 Å². The molecule has 0 spiro atoms. The van der Waals surface area contributed by atoms with Crippen LogP contribution in [0, 0.1) is 0 Å². The predicted molar refractivity (Wildman–Crippen MR) is 90.0 cm³/mol. The van der Waals surface area contributed by atoms with Gasteiger partial charge in [-0.15, -0.1) is 10.2 Å². The molecule has 2 heterocycles. The fourth-order valence-corrected chi connectivity index (χ4v) is 2.53. The molecule has 28 heavy (non-hydrogen) atoms. The van der Waals surface area contributed by atoms with E-state index in [1.807, 2.05) is 0 Å². The number of carbonyl (C=O) groups is 1. The van der Waals surface area contributed by atoms with Crippen molar-refractivity contribution in [2.45, 2.75) is 25.7 Å². The number of hydrogen-bond acceptors (Lipinski definition) is 5. The molecule has 0 amide bonds. The third-order valence-electron chi connectivity index (χ3n) is 3.67. The second-order valence-corrected chi connectivity index (χ2v) is 6.13. The molecule has 0 bridgehead atoms. The van der Waals surface area contributed by atoms with Crippen LogP contribution in [0.25, 0.3) is 11.4 Å². The Kier molecular flexibility index (Phi) is 5.23. The number of halogens is 4. The highest BCUT2D eigenvalue weighted by Crippen LogP contribution is 2.23. The van der Waals surface area contributed by atoms with Gasteiger partial charge in [-0.3, -0.25) is 9.67 Å². The molecule has 0 unspecified atom stereocenters. The predicted octanol–water partition coefficient (Wildman–Crippen LogP) is 2.18. The lowest BCUT2D eigenvalue weighted by molar-refractivity contribution is -0.136. The number of benzene rings is 1. The zero-order valence-corrected chi connectivity index (χ0v) is 14.7. The van der Waals surface area contributed by atoms with Gasteiger partial charge in [-0.05, 0) is 24.3 Å². The highest BCUT2D eigenvalue weighted by atomic mass is 35.5. The molecule has 13 heteroatoms. The minimum Gasteiger partial charge on any atom is -0.475 e. The number of alkyl halides is 3. The molecule has 0 atom stereocenters. The fraction of sp³-hybridized carbons (Fsp3) is 0.267. The zero-order chi connectivity index (χ0) is 20.5. The standard InChI is InChI=1S/C15H12ClF3N6O3/c16-9-3-1-8(2-4-9)12-23-25(7-10-20-11(13(26)27)22-21-10)14(28)24(12)6-5-15(17,18)19/h1-4H,5-7H2,(H,26,27)(H,20,21,22). The molecule has 0 saturated carbocycles. The molecule has 3 rings (SSSR count). The normalized spacial score (nSPS) is 11.7.